The summed E-state index contributed by atoms with van der Waals surface area (Å²) in [6.07, 6.45) is 2.66. The van der Waals surface area contributed by atoms with Gasteiger partial charge in [0.15, 0.2) is 0 Å². The monoisotopic (exact) mass is 236 g/mol. The standard InChI is InChI=1S/C8H18O3.C4H10O/c1-2-3-4-5-11-7-8(10)6-9;1-3-5-4-2/h8-10H,2-7H2,1H3;3-4H2,1-2H3. The fraction of sp³-hybridized carbons (Fsp3) is 1.00. The van der Waals surface area contributed by atoms with E-state index in [1.54, 1.807) is 0 Å². The average Bonchev–Trinajstić information content (AvgIpc) is 2.30. The molecule has 0 saturated heterocycles. The first-order valence-electron chi connectivity index (χ1n) is 6.17. The average molecular weight is 236 g/mol. The summed E-state index contributed by atoms with van der Waals surface area (Å²) in [5.41, 5.74) is 0. The second kappa shape index (κ2) is 17.2. The third-order valence-electron chi connectivity index (χ3n) is 1.82. The zero-order chi connectivity index (χ0) is 12.6. The van der Waals surface area contributed by atoms with Gasteiger partial charge in [0.25, 0.3) is 0 Å². The molecule has 4 nitrogen and oxygen atoms in total. The maximum Gasteiger partial charge on any atom is 0.100 e. The number of hydrogen-bond acceptors (Lipinski definition) is 4. The summed E-state index contributed by atoms with van der Waals surface area (Å²) in [5.74, 6) is 0. The Morgan fingerprint density at radius 3 is 2.00 bits per heavy atom. The molecule has 1 atom stereocenters. The maximum absolute atomic E-state index is 8.84. The summed E-state index contributed by atoms with van der Waals surface area (Å²) in [5, 5.41) is 17.2. The van der Waals surface area contributed by atoms with Crippen molar-refractivity contribution in [3.05, 3.63) is 0 Å². The topological polar surface area (TPSA) is 58.9 Å². The van der Waals surface area contributed by atoms with Crippen molar-refractivity contribution in [3.8, 4) is 0 Å². The van der Waals surface area contributed by atoms with Gasteiger partial charge in [0.1, 0.15) is 6.10 Å². The zero-order valence-corrected chi connectivity index (χ0v) is 10.9. The van der Waals surface area contributed by atoms with E-state index >= 15 is 0 Å². The molecule has 0 amide bonds. The zero-order valence-electron chi connectivity index (χ0n) is 10.9. The van der Waals surface area contributed by atoms with Crippen LogP contribution in [0, 0.1) is 0 Å². The van der Waals surface area contributed by atoms with E-state index in [0.29, 0.717) is 6.61 Å². The van der Waals surface area contributed by atoms with Crippen LogP contribution in [0.15, 0.2) is 0 Å². The van der Waals surface area contributed by atoms with Gasteiger partial charge < -0.3 is 19.7 Å². The van der Waals surface area contributed by atoms with Gasteiger partial charge in [-0.15, -0.1) is 0 Å². The van der Waals surface area contributed by atoms with Crippen molar-refractivity contribution >= 4 is 0 Å². The first-order chi connectivity index (χ1) is 7.72. The Morgan fingerprint density at radius 1 is 1.00 bits per heavy atom. The van der Waals surface area contributed by atoms with Crippen molar-refractivity contribution in [1.82, 2.24) is 0 Å². The molecule has 0 aliphatic carbocycles. The van der Waals surface area contributed by atoms with Gasteiger partial charge in [-0.1, -0.05) is 19.8 Å². The van der Waals surface area contributed by atoms with E-state index in [1.165, 1.54) is 6.42 Å². The molecule has 0 spiro atoms. The van der Waals surface area contributed by atoms with Crippen molar-refractivity contribution in [2.24, 2.45) is 0 Å². The highest BCUT2D eigenvalue weighted by Gasteiger charge is 1.99. The van der Waals surface area contributed by atoms with Crippen LogP contribution in [0.25, 0.3) is 0 Å². The van der Waals surface area contributed by atoms with E-state index < -0.39 is 6.10 Å². The van der Waals surface area contributed by atoms with Crippen LogP contribution in [0.2, 0.25) is 0 Å². The van der Waals surface area contributed by atoms with Crippen LogP contribution >= 0.6 is 0 Å². The van der Waals surface area contributed by atoms with Crippen LogP contribution in [0.5, 0.6) is 0 Å². The lowest BCUT2D eigenvalue weighted by molar-refractivity contribution is 0.00533. The molecule has 0 aliphatic rings. The minimum absolute atomic E-state index is 0.215. The molecule has 0 aromatic rings. The van der Waals surface area contributed by atoms with E-state index in [0.717, 1.165) is 26.1 Å². The smallest absolute Gasteiger partial charge is 0.100 e. The summed E-state index contributed by atoms with van der Waals surface area (Å²) < 4.78 is 9.91. The largest absolute Gasteiger partial charge is 0.394 e. The molecule has 16 heavy (non-hydrogen) atoms. The fourth-order valence-corrected chi connectivity index (χ4v) is 0.930. The molecule has 1 unspecified atom stereocenters. The highest BCUT2D eigenvalue weighted by atomic mass is 16.5. The molecule has 0 fully saturated rings. The Kier molecular flexibility index (Phi) is 19.6. The minimum atomic E-state index is -0.711. The van der Waals surface area contributed by atoms with Gasteiger partial charge in [0.2, 0.25) is 0 Å². The van der Waals surface area contributed by atoms with Crippen LogP contribution in [0.3, 0.4) is 0 Å². The molecule has 0 aliphatic heterocycles. The molecule has 0 bridgehead atoms. The molecule has 0 aromatic heterocycles. The first kappa shape index (κ1) is 18.2. The predicted octanol–water partition coefficient (Wildman–Crippen LogP) is 1.59. The van der Waals surface area contributed by atoms with Gasteiger partial charge in [0, 0.05) is 19.8 Å². The number of rotatable bonds is 9. The van der Waals surface area contributed by atoms with Crippen molar-refractivity contribution in [1.29, 1.82) is 0 Å². The fourth-order valence-electron chi connectivity index (χ4n) is 0.930. The first-order valence-corrected chi connectivity index (χ1v) is 6.17. The van der Waals surface area contributed by atoms with Gasteiger partial charge in [-0.3, -0.25) is 0 Å². The van der Waals surface area contributed by atoms with E-state index in [-0.39, 0.29) is 13.2 Å². The van der Waals surface area contributed by atoms with Crippen LogP contribution < -0.4 is 0 Å². The second-order valence-corrected chi connectivity index (χ2v) is 3.40. The summed E-state index contributed by atoms with van der Waals surface area (Å²) in [6, 6.07) is 0. The van der Waals surface area contributed by atoms with E-state index in [2.05, 4.69) is 6.92 Å². The number of aliphatic hydroxyl groups excluding tert-OH is 2. The van der Waals surface area contributed by atoms with E-state index in [1.807, 2.05) is 13.8 Å². The van der Waals surface area contributed by atoms with Crippen molar-refractivity contribution < 1.29 is 19.7 Å². The molecule has 0 radical (unpaired) electrons. The van der Waals surface area contributed by atoms with Crippen LogP contribution in [0.1, 0.15) is 40.0 Å². The van der Waals surface area contributed by atoms with Gasteiger partial charge in [-0.25, -0.2) is 0 Å². The molecule has 0 heterocycles. The van der Waals surface area contributed by atoms with Crippen LogP contribution in [-0.4, -0.2) is 49.4 Å². The second-order valence-electron chi connectivity index (χ2n) is 3.40. The summed E-state index contributed by atoms with van der Waals surface area (Å²) in [7, 11) is 0. The lowest BCUT2D eigenvalue weighted by Gasteiger charge is -2.07. The third kappa shape index (κ3) is 19.4. The lowest BCUT2D eigenvalue weighted by Crippen LogP contribution is -2.19. The highest BCUT2D eigenvalue weighted by Crippen LogP contribution is 1.94. The normalized spacial score (nSPS) is 11.8. The Balaban J connectivity index is 0. The SMILES string of the molecule is CCCCCOCC(O)CO.CCOCC. The number of aliphatic hydroxyl groups is 2. The number of hydrogen-bond donors (Lipinski definition) is 2. The third-order valence-corrected chi connectivity index (χ3v) is 1.82. The highest BCUT2D eigenvalue weighted by molar-refractivity contribution is 4.48. The lowest BCUT2D eigenvalue weighted by atomic mass is 10.3. The van der Waals surface area contributed by atoms with Crippen LogP contribution in [0.4, 0.5) is 0 Å². The Morgan fingerprint density at radius 2 is 1.62 bits per heavy atom. The van der Waals surface area contributed by atoms with Gasteiger partial charge in [-0.05, 0) is 20.3 Å². The minimum Gasteiger partial charge on any atom is -0.394 e. The summed E-state index contributed by atoms with van der Waals surface area (Å²) >= 11 is 0. The van der Waals surface area contributed by atoms with Crippen molar-refractivity contribution in [2.75, 3.05) is 33.0 Å². The summed E-state index contributed by atoms with van der Waals surface area (Å²) in [6.45, 7) is 8.52. The van der Waals surface area contributed by atoms with Gasteiger partial charge in [-0.2, -0.15) is 0 Å². The molecular formula is C12H28O4. The van der Waals surface area contributed by atoms with E-state index in [9.17, 15) is 0 Å². The molecular weight excluding hydrogens is 208 g/mol. The van der Waals surface area contributed by atoms with Gasteiger partial charge >= 0.3 is 0 Å². The molecule has 0 rings (SSSR count). The molecule has 4 heteroatoms. The van der Waals surface area contributed by atoms with Crippen molar-refractivity contribution in [3.63, 3.8) is 0 Å². The molecule has 0 saturated carbocycles. The Bertz CT molecular complexity index is 107. The van der Waals surface area contributed by atoms with E-state index in [4.69, 9.17) is 19.7 Å². The number of unbranched alkanes of at least 4 members (excludes halogenated alkanes) is 2. The quantitative estimate of drug-likeness (QED) is 0.597. The van der Waals surface area contributed by atoms with Gasteiger partial charge in [0.05, 0.1) is 13.2 Å². The van der Waals surface area contributed by atoms with Crippen LogP contribution in [-0.2, 0) is 9.47 Å². The Labute approximate surface area is 99.6 Å². The molecule has 2 N–H and O–H groups in total. The van der Waals surface area contributed by atoms with Crippen molar-refractivity contribution in [2.45, 2.75) is 46.1 Å². The Hall–Kier alpha value is -0.160. The molecule has 100 valence electrons. The maximum atomic E-state index is 8.84. The predicted molar refractivity (Wildman–Crippen MR) is 65.6 cm³/mol. The summed E-state index contributed by atoms with van der Waals surface area (Å²) in [4.78, 5) is 0. The molecule has 0 aromatic carbocycles. The number of ether oxygens (including phenoxy) is 2.